The van der Waals surface area contributed by atoms with Crippen molar-refractivity contribution in [1.82, 2.24) is 5.32 Å². The van der Waals surface area contributed by atoms with Crippen molar-refractivity contribution in [2.45, 2.75) is 37.6 Å². The number of aliphatic hydroxyl groups is 3. The maximum atomic E-state index is 11.0. The van der Waals surface area contributed by atoms with Crippen LogP contribution in [0.5, 0.6) is 0 Å². The van der Waals surface area contributed by atoms with Crippen LogP contribution in [0.2, 0.25) is 0 Å². The van der Waals surface area contributed by atoms with Crippen LogP contribution in [0.4, 0.5) is 0 Å². The Morgan fingerprint density at radius 1 is 1.37 bits per heavy atom. The van der Waals surface area contributed by atoms with Crippen molar-refractivity contribution in [3.8, 4) is 0 Å². The molecule has 0 aromatic carbocycles. The largest absolute Gasteiger partial charge is 0.399 e. The molecule has 11 heteroatoms. The molecule has 1 heterocycles. The first-order valence-corrected chi connectivity index (χ1v) is 6.57. The molecule has 19 heavy (non-hydrogen) atoms. The lowest BCUT2D eigenvalue weighted by atomic mass is 9.97. The second kappa shape index (κ2) is 6.09. The van der Waals surface area contributed by atoms with Gasteiger partial charge in [0.25, 0.3) is 0 Å². The number of aliphatic hydroxyl groups excluding tert-OH is 3. The molecule has 0 radical (unpaired) electrons. The van der Waals surface area contributed by atoms with E-state index in [1.807, 2.05) is 0 Å². The average Bonchev–Trinajstić information content (AvgIpc) is 2.26. The Kier molecular flexibility index (Phi) is 5.20. The van der Waals surface area contributed by atoms with Gasteiger partial charge in [0.15, 0.2) is 0 Å². The molecule has 0 spiro atoms. The van der Waals surface area contributed by atoms with Crippen molar-refractivity contribution in [1.29, 1.82) is 0 Å². The quantitative estimate of drug-likeness (QED) is 0.335. The van der Waals surface area contributed by atoms with Gasteiger partial charge in [-0.3, -0.25) is 9.35 Å². The number of carbonyl (C=O) groups excluding carboxylic acids is 1. The summed E-state index contributed by atoms with van der Waals surface area (Å²) >= 11 is 0. The highest BCUT2D eigenvalue weighted by Gasteiger charge is 2.46. The molecule has 0 saturated carbocycles. The summed E-state index contributed by atoms with van der Waals surface area (Å²) < 4.78 is 38.9. The number of hydrogen-bond acceptors (Lipinski definition) is 8. The fourth-order valence-electron chi connectivity index (χ4n) is 1.67. The number of amides is 1. The molecule has 0 aliphatic carbocycles. The summed E-state index contributed by atoms with van der Waals surface area (Å²) in [5.41, 5.74) is 0. The van der Waals surface area contributed by atoms with Crippen LogP contribution in [0.1, 0.15) is 6.92 Å². The first-order valence-electron chi connectivity index (χ1n) is 5.21. The van der Waals surface area contributed by atoms with E-state index in [2.05, 4.69) is 9.50 Å². The van der Waals surface area contributed by atoms with Gasteiger partial charge in [-0.1, -0.05) is 0 Å². The molecule has 112 valence electrons. The molecular formula is C8H15NO9S. The predicted octanol–water partition coefficient (Wildman–Crippen LogP) is -3.25. The van der Waals surface area contributed by atoms with E-state index in [4.69, 9.17) is 14.4 Å². The number of rotatable bonds is 4. The SMILES string of the molecule is CC(=O)N[C@H]1C(OS(=O)(=O)O)O[C@H](CO)[C@H](O)[C@@H]1O. The van der Waals surface area contributed by atoms with Crippen LogP contribution in [0.25, 0.3) is 0 Å². The summed E-state index contributed by atoms with van der Waals surface area (Å²) in [5.74, 6) is -0.647. The van der Waals surface area contributed by atoms with Gasteiger partial charge >= 0.3 is 10.4 Å². The standard InChI is InChI=1S/C8H15NO9S/c1-3(11)9-5-7(13)6(12)4(2-10)17-8(5)18-19(14,15)16/h4-8,10,12-13H,2H2,1H3,(H,9,11)(H,14,15,16)/t4-,5-,6+,7-,8?/m1/s1. The Labute approximate surface area is 108 Å². The zero-order valence-electron chi connectivity index (χ0n) is 9.83. The molecule has 1 saturated heterocycles. The van der Waals surface area contributed by atoms with Crippen molar-refractivity contribution in [2.75, 3.05) is 6.61 Å². The van der Waals surface area contributed by atoms with Crippen LogP contribution < -0.4 is 5.32 Å². The molecule has 0 aromatic heterocycles. The fraction of sp³-hybridized carbons (Fsp3) is 0.875. The molecule has 1 unspecified atom stereocenters. The maximum absolute atomic E-state index is 11.0. The van der Waals surface area contributed by atoms with E-state index in [-0.39, 0.29) is 0 Å². The van der Waals surface area contributed by atoms with Crippen LogP contribution in [-0.2, 0) is 24.1 Å². The minimum atomic E-state index is -4.92. The van der Waals surface area contributed by atoms with E-state index in [0.717, 1.165) is 6.92 Å². The van der Waals surface area contributed by atoms with Crippen molar-refractivity contribution >= 4 is 16.3 Å². The van der Waals surface area contributed by atoms with E-state index in [1.165, 1.54) is 0 Å². The second-order valence-corrected chi connectivity index (χ2v) is 5.00. The van der Waals surface area contributed by atoms with Crippen molar-refractivity contribution < 1.29 is 42.0 Å². The Balaban J connectivity index is 2.96. The van der Waals surface area contributed by atoms with Crippen molar-refractivity contribution in [3.05, 3.63) is 0 Å². The van der Waals surface area contributed by atoms with Gasteiger partial charge < -0.3 is 25.4 Å². The van der Waals surface area contributed by atoms with Gasteiger partial charge in [0.2, 0.25) is 12.2 Å². The van der Waals surface area contributed by atoms with Crippen molar-refractivity contribution in [3.63, 3.8) is 0 Å². The zero-order valence-corrected chi connectivity index (χ0v) is 10.6. The summed E-state index contributed by atoms with van der Waals surface area (Å²) in [6, 6.07) is -1.43. The summed E-state index contributed by atoms with van der Waals surface area (Å²) in [6.45, 7) is 0.359. The van der Waals surface area contributed by atoms with Gasteiger partial charge in [-0.15, -0.1) is 0 Å². The van der Waals surface area contributed by atoms with Gasteiger partial charge in [0, 0.05) is 6.92 Å². The van der Waals surface area contributed by atoms with Gasteiger partial charge in [-0.25, -0.2) is 4.18 Å². The molecule has 0 bridgehead atoms. The zero-order chi connectivity index (χ0) is 14.8. The predicted molar refractivity (Wildman–Crippen MR) is 58.0 cm³/mol. The Bertz CT molecular complexity index is 424. The van der Waals surface area contributed by atoms with Gasteiger partial charge in [0.1, 0.15) is 24.4 Å². The van der Waals surface area contributed by atoms with E-state index in [1.54, 1.807) is 0 Å². The summed E-state index contributed by atoms with van der Waals surface area (Å²) in [5, 5.41) is 30.4. The highest BCUT2D eigenvalue weighted by atomic mass is 32.3. The molecule has 1 aliphatic rings. The number of carbonyl (C=O) groups is 1. The number of nitrogens with one attached hydrogen (secondary N) is 1. The lowest BCUT2D eigenvalue weighted by Crippen LogP contribution is -2.64. The molecule has 1 amide bonds. The molecule has 10 nitrogen and oxygen atoms in total. The third-order valence-electron chi connectivity index (χ3n) is 2.47. The smallest absolute Gasteiger partial charge is 0.394 e. The minimum Gasteiger partial charge on any atom is -0.394 e. The summed E-state index contributed by atoms with van der Waals surface area (Å²) in [6.07, 6.45) is -6.33. The average molecular weight is 301 g/mol. The summed E-state index contributed by atoms with van der Waals surface area (Å²) in [4.78, 5) is 11.0. The van der Waals surface area contributed by atoms with Gasteiger partial charge in [-0.05, 0) is 0 Å². The lowest BCUT2D eigenvalue weighted by molar-refractivity contribution is -0.244. The third kappa shape index (κ3) is 4.35. The maximum Gasteiger partial charge on any atom is 0.399 e. The number of ether oxygens (including phenoxy) is 1. The topological polar surface area (TPSA) is 163 Å². The number of hydrogen-bond donors (Lipinski definition) is 5. The monoisotopic (exact) mass is 301 g/mol. The molecule has 5 N–H and O–H groups in total. The van der Waals surface area contributed by atoms with Crippen LogP contribution in [0, 0.1) is 0 Å². The van der Waals surface area contributed by atoms with E-state index >= 15 is 0 Å². The van der Waals surface area contributed by atoms with Crippen LogP contribution in [0.3, 0.4) is 0 Å². The lowest BCUT2D eigenvalue weighted by Gasteiger charge is -2.41. The van der Waals surface area contributed by atoms with E-state index in [0.29, 0.717) is 0 Å². The van der Waals surface area contributed by atoms with Crippen LogP contribution in [0.15, 0.2) is 0 Å². The fourth-order valence-corrected chi connectivity index (χ4v) is 2.08. The Morgan fingerprint density at radius 3 is 2.37 bits per heavy atom. The first-order chi connectivity index (χ1) is 8.65. The first kappa shape index (κ1) is 16.2. The molecule has 1 fully saturated rings. The summed E-state index contributed by atoms with van der Waals surface area (Å²) in [7, 11) is -4.92. The molecule has 5 atom stereocenters. The van der Waals surface area contributed by atoms with Gasteiger partial charge in [0.05, 0.1) is 6.61 Å². The Morgan fingerprint density at radius 2 is 1.95 bits per heavy atom. The van der Waals surface area contributed by atoms with Crippen molar-refractivity contribution in [2.24, 2.45) is 0 Å². The Hall–Kier alpha value is -0.820. The molecule has 1 aliphatic heterocycles. The van der Waals surface area contributed by atoms with Crippen LogP contribution >= 0.6 is 0 Å². The molecule has 1 rings (SSSR count). The normalized spacial score (nSPS) is 35.9. The highest BCUT2D eigenvalue weighted by molar-refractivity contribution is 7.80. The van der Waals surface area contributed by atoms with E-state index < -0.39 is 53.6 Å². The molecular weight excluding hydrogens is 286 g/mol. The van der Waals surface area contributed by atoms with Crippen LogP contribution in [-0.4, -0.2) is 71.4 Å². The second-order valence-electron chi connectivity index (χ2n) is 3.96. The van der Waals surface area contributed by atoms with E-state index in [9.17, 15) is 23.4 Å². The third-order valence-corrected chi connectivity index (χ3v) is 2.90. The molecule has 0 aromatic rings. The van der Waals surface area contributed by atoms with Gasteiger partial charge in [-0.2, -0.15) is 8.42 Å². The minimum absolute atomic E-state index is 0.647. The highest BCUT2D eigenvalue weighted by Crippen LogP contribution is 2.23.